The van der Waals surface area contributed by atoms with E-state index in [1.54, 1.807) is 0 Å². The average Bonchev–Trinajstić information content (AvgIpc) is 3.03. The molecule has 0 radical (unpaired) electrons. The Labute approximate surface area is 171 Å². The molecule has 0 aliphatic heterocycles. The van der Waals surface area contributed by atoms with Gasteiger partial charge >= 0.3 is 0 Å². The van der Waals surface area contributed by atoms with Crippen molar-refractivity contribution in [2.45, 2.75) is 91.9 Å². The molecule has 0 aromatic carbocycles. The number of hydrogen-bond donors (Lipinski definition) is 1. The Morgan fingerprint density at radius 1 is 1.12 bits per heavy atom. The van der Waals surface area contributed by atoms with Gasteiger partial charge in [-0.1, -0.05) is 62.9 Å². The summed E-state index contributed by atoms with van der Waals surface area (Å²) in [7, 11) is 0. The smallest absolute Gasteiger partial charge is 0.157 e. The summed E-state index contributed by atoms with van der Waals surface area (Å²) in [4.78, 5) is 12.1. The van der Waals surface area contributed by atoms with Crippen molar-refractivity contribution in [1.29, 1.82) is 0 Å². The summed E-state index contributed by atoms with van der Waals surface area (Å²) in [6.07, 6.45) is 14.1. The van der Waals surface area contributed by atoms with Gasteiger partial charge in [-0.25, -0.2) is 0 Å². The molecule has 2 unspecified atom stereocenters. The first kappa shape index (κ1) is 23.7. The maximum absolute atomic E-state index is 12.1. The number of unbranched alkanes of at least 4 members (excludes halogenated alkanes) is 2. The molecule has 2 atom stereocenters. The minimum atomic E-state index is 0.270. The van der Waals surface area contributed by atoms with Crippen molar-refractivity contribution in [3.8, 4) is 0 Å². The van der Waals surface area contributed by atoms with Gasteiger partial charge in [0.25, 0.3) is 0 Å². The van der Waals surface area contributed by atoms with Crippen molar-refractivity contribution < 1.29 is 4.79 Å². The van der Waals surface area contributed by atoms with Crippen LogP contribution in [0.1, 0.15) is 91.9 Å². The Hall–Kier alpha value is -0.310. The number of nitrogens with one attached hydrogen (secondary N) is 1. The highest BCUT2D eigenvalue weighted by Gasteiger charge is 2.25. The van der Waals surface area contributed by atoms with E-state index in [0.29, 0.717) is 12.3 Å². The quantitative estimate of drug-likeness (QED) is 0.186. The van der Waals surface area contributed by atoms with Gasteiger partial charge in [-0.2, -0.15) is 0 Å². The molecule has 1 aliphatic carbocycles. The first-order chi connectivity index (χ1) is 12.4. The molecule has 152 valence electrons. The van der Waals surface area contributed by atoms with E-state index in [9.17, 15) is 4.79 Å². The zero-order chi connectivity index (χ0) is 19.4. The van der Waals surface area contributed by atoms with Crippen LogP contribution in [-0.4, -0.2) is 17.7 Å². The third-order valence-corrected chi connectivity index (χ3v) is 6.25. The minimum absolute atomic E-state index is 0.270. The van der Waals surface area contributed by atoms with E-state index in [1.807, 2.05) is 6.08 Å². The fraction of sp³-hybridized carbons (Fsp3) is 0.870. The molecular weight excluding hydrogens is 386 g/mol. The van der Waals surface area contributed by atoms with Crippen molar-refractivity contribution >= 4 is 21.7 Å². The molecule has 0 amide bonds. The van der Waals surface area contributed by atoms with Gasteiger partial charge in [0.05, 0.1) is 0 Å². The number of hydrogen-bond acceptors (Lipinski definition) is 2. The summed E-state index contributed by atoms with van der Waals surface area (Å²) in [6, 6.07) is 0. The number of alkyl halides is 1. The summed E-state index contributed by atoms with van der Waals surface area (Å²) in [5, 5.41) is 4.60. The van der Waals surface area contributed by atoms with Crippen LogP contribution in [0, 0.1) is 23.7 Å². The van der Waals surface area contributed by atoms with Crippen LogP contribution in [0.2, 0.25) is 0 Å². The van der Waals surface area contributed by atoms with Crippen LogP contribution in [-0.2, 0) is 4.79 Å². The van der Waals surface area contributed by atoms with E-state index in [0.717, 1.165) is 54.6 Å². The number of carbonyl (C=O) groups is 1. The number of rotatable bonds is 14. The molecule has 0 spiro atoms. The van der Waals surface area contributed by atoms with E-state index in [2.05, 4.69) is 48.9 Å². The van der Waals surface area contributed by atoms with Crippen LogP contribution in [0.15, 0.2) is 11.8 Å². The van der Waals surface area contributed by atoms with E-state index in [-0.39, 0.29) is 5.78 Å². The van der Waals surface area contributed by atoms with E-state index >= 15 is 0 Å². The van der Waals surface area contributed by atoms with Gasteiger partial charge in [0.2, 0.25) is 0 Å². The number of ketones is 1. The van der Waals surface area contributed by atoms with Gasteiger partial charge in [0, 0.05) is 30.1 Å². The lowest BCUT2D eigenvalue weighted by Gasteiger charge is -2.15. The van der Waals surface area contributed by atoms with Gasteiger partial charge in [0.1, 0.15) is 0 Å². The maximum Gasteiger partial charge on any atom is 0.157 e. The molecule has 1 N–H and O–H groups in total. The van der Waals surface area contributed by atoms with Crippen LogP contribution in [0.4, 0.5) is 0 Å². The molecule has 0 bridgehead atoms. The minimum Gasteiger partial charge on any atom is -0.388 e. The Bertz CT molecular complexity index is 416. The van der Waals surface area contributed by atoms with Gasteiger partial charge in [-0.3, -0.25) is 4.79 Å². The highest BCUT2D eigenvalue weighted by atomic mass is 79.9. The Morgan fingerprint density at radius 3 is 2.50 bits per heavy atom. The molecule has 26 heavy (non-hydrogen) atoms. The fourth-order valence-electron chi connectivity index (χ4n) is 4.07. The molecule has 0 saturated heterocycles. The Kier molecular flexibility index (Phi) is 12.6. The second kappa shape index (κ2) is 13.8. The average molecular weight is 428 g/mol. The van der Waals surface area contributed by atoms with Crippen LogP contribution < -0.4 is 5.32 Å². The maximum atomic E-state index is 12.1. The molecule has 0 heterocycles. The van der Waals surface area contributed by atoms with Crippen molar-refractivity contribution in [2.75, 3.05) is 11.9 Å². The molecule has 3 heteroatoms. The number of carbonyl (C=O) groups excluding carboxylic acids is 1. The summed E-state index contributed by atoms with van der Waals surface area (Å²) in [5.41, 5.74) is 1.15. The second-order valence-electron chi connectivity index (χ2n) is 8.99. The van der Waals surface area contributed by atoms with Crippen LogP contribution in [0.5, 0.6) is 0 Å². The molecule has 0 aromatic heterocycles. The van der Waals surface area contributed by atoms with Gasteiger partial charge in [-0.05, 0) is 62.2 Å². The first-order valence-electron chi connectivity index (χ1n) is 11.0. The lowest BCUT2D eigenvalue weighted by atomic mass is 9.92. The van der Waals surface area contributed by atoms with Crippen molar-refractivity contribution in [3.05, 3.63) is 11.8 Å². The Morgan fingerprint density at radius 2 is 1.88 bits per heavy atom. The predicted molar refractivity (Wildman–Crippen MR) is 118 cm³/mol. The first-order valence-corrected chi connectivity index (χ1v) is 12.1. The van der Waals surface area contributed by atoms with E-state index in [1.165, 1.54) is 38.5 Å². The molecule has 1 saturated carbocycles. The third kappa shape index (κ3) is 10.7. The monoisotopic (exact) mass is 427 g/mol. The fourth-order valence-corrected chi connectivity index (χ4v) is 4.46. The number of allylic oxidation sites excluding steroid dienone is 2. The van der Waals surface area contributed by atoms with Gasteiger partial charge in [-0.15, -0.1) is 0 Å². The van der Waals surface area contributed by atoms with E-state index in [4.69, 9.17) is 0 Å². The zero-order valence-electron chi connectivity index (χ0n) is 17.7. The Balaban J connectivity index is 2.27. The zero-order valence-corrected chi connectivity index (χ0v) is 19.2. The van der Waals surface area contributed by atoms with E-state index < -0.39 is 0 Å². The molecular formula is C23H42BrNO. The molecule has 2 nitrogen and oxygen atoms in total. The van der Waals surface area contributed by atoms with Crippen molar-refractivity contribution in [1.82, 2.24) is 5.32 Å². The lowest BCUT2D eigenvalue weighted by molar-refractivity contribution is -0.115. The standard InChI is InChI=1S/C23H42BrNO/c1-18(2)15-23(26)17-22(10-5-7-13-24)25-14-8-6-9-20-11-12-21(16-20)19(3)4/h17-21,25H,5-16H2,1-4H3/b22-17-. The van der Waals surface area contributed by atoms with Gasteiger partial charge < -0.3 is 5.32 Å². The summed E-state index contributed by atoms with van der Waals surface area (Å²) < 4.78 is 0. The third-order valence-electron chi connectivity index (χ3n) is 5.69. The molecule has 1 fully saturated rings. The number of halogens is 1. The van der Waals surface area contributed by atoms with Gasteiger partial charge in [0.15, 0.2) is 5.78 Å². The van der Waals surface area contributed by atoms with Crippen molar-refractivity contribution in [3.63, 3.8) is 0 Å². The topological polar surface area (TPSA) is 29.1 Å². The largest absolute Gasteiger partial charge is 0.388 e. The predicted octanol–water partition coefficient (Wildman–Crippen LogP) is 6.88. The second-order valence-corrected chi connectivity index (χ2v) is 9.78. The lowest BCUT2D eigenvalue weighted by Crippen LogP contribution is -2.17. The van der Waals surface area contributed by atoms with Crippen molar-refractivity contribution in [2.24, 2.45) is 23.7 Å². The highest BCUT2D eigenvalue weighted by Crippen LogP contribution is 2.37. The van der Waals surface area contributed by atoms with Crippen LogP contribution >= 0.6 is 15.9 Å². The van der Waals surface area contributed by atoms with Crippen LogP contribution in [0.3, 0.4) is 0 Å². The summed E-state index contributed by atoms with van der Waals surface area (Å²) >= 11 is 3.49. The highest BCUT2D eigenvalue weighted by molar-refractivity contribution is 9.09. The van der Waals surface area contributed by atoms with Crippen LogP contribution in [0.25, 0.3) is 0 Å². The molecule has 1 rings (SSSR count). The molecule has 0 aromatic rings. The molecule has 1 aliphatic rings. The normalized spacial score (nSPS) is 21.0. The SMILES string of the molecule is CC(C)CC(=O)/C=C(/CCCCBr)NCCCCC1CCC(C(C)C)C1. The summed E-state index contributed by atoms with van der Waals surface area (Å²) in [6.45, 7) is 9.98. The summed E-state index contributed by atoms with van der Waals surface area (Å²) in [5.74, 6) is 3.49.